The van der Waals surface area contributed by atoms with Gasteiger partial charge in [0, 0.05) is 16.8 Å². The van der Waals surface area contributed by atoms with E-state index >= 15 is 0 Å². The first-order valence-corrected chi connectivity index (χ1v) is 8.33. The maximum Gasteiger partial charge on any atom is 0.284 e. The number of nitrogens with zero attached hydrogens (tertiary/aromatic N) is 3. The van der Waals surface area contributed by atoms with E-state index in [1.165, 1.54) is 22.5 Å². The van der Waals surface area contributed by atoms with E-state index in [1.54, 1.807) is 18.2 Å². The van der Waals surface area contributed by atoms with Gasteiger partial charge in [-0.25, -0.2) is 4.98 Å². The number of hydrogen-bond acceptors (Lipinski definition) is 5. The molecule has 1 aromatic heterocycles. The Balaban J connectivity index is 1.83. The molecule has 5 nitrogen and oxygen atoms in total. The van der Waals surface area contributed by atoms with E-state index in [0.29, 0.717) is 21.4 Å². The molecule has 0 fully saturated rings. The number of rotatable bonds is 2. The van der Waals surface area contributed by atoms with Crippen molar-refractivity contribution < 1.29 is 4.79 Å². The van der Waals surface area contributed by atoms with E-state index < -0.39 is 0 Å². The summed E-state index contributed by atoms with van der Waals surface area (Å²) in [6.07, 6.45) is 1.27. The van der Waals surface area contributed by atoms with E-state index in [4.69, 9.17) is 17.3 Å². The summed E-state index contributed by atoms with van der Waals surface area (Å²) in [6.45, 7) is 0. The van der Waals surface area contributed by atoms with Gasteiger partial charge in [-0.15, -0.1) is 0 Å². The lowest BCUT2D eigenvalue weighted by Gasteiger charge is -2.05. The fourth-order valence-electron chi connectivity index (χ4n) is 2.49. The summed E-state index contributed by atoms with van der Waals surface area (Å²) in [6, 6.07) is 14.8. The predicted molar refractivity (Wildman–Crippen MR) is 97.4 cm³/mol. The SMILES string of the molecule is NC=C1C(=O)N(c2nc3ccccc3s2)N=C1c1cccc(Cl)c1. The van der Waals surface area contributed by atoms with Gasteiger partial charge in [0.15, 0.2) is 0 Å². The zero-order chi connectivity index (χ0) is 16.7. The van der Waals surface area contributed by atoms with Crippen LogP contribution >= 0.6 is 22.9 Å². The highest BCUT2D eigenvalue weighted by Gasteiger charge is 2.33. The van der Waals surface area contributed by atoms with Crippen LogP contribution in [-0.4, -0.2) is 16.6 Å². The molecule has 2 aromatic carbocycles. The molecule has 4 rings (SSSR count). The molecule has 0 unspecified atom stereocenters. The molecule has 0 atom stereocenters. The maximum atomic E-state index is 12.7. The van der Waals surface area contributed by atoms with E-state index in [0.717, 1.165) is 15.8 Å². The number of para-hydroxylation sites is 1. The second-order valence-corrected chi connectivity index (χ2v) is 6.57. The molecule has 0 bridgehead atoms. The van der Waals surface area contributed by atoms with Crippen LogP contribution in [0, 0.1) is 0 Å². The molecule has 1 amide bonds. The summed E-state index contributed by atoms with van der Waals surface area (Å²) in [5.41, 5.74) is 8.05. The number of aromatic nitrogens is 1. The highest BCUT2D eigenvalue weighted by atomic mass is 35.5. The first-order valence-electron chi connectivity index (χ1n) is 7.14. The molecule has 0 saturated heterocycles. The summed E-state index contributed by atoms with van der Waals surface area (Å²) < 4.78 is 0.991. The van der Waals surface area contributed by atoms with Crippen LogP contribution in [0.2, 0.25) is 5.02 Å². The smallest absolute Gasteiger partial charge is 0.284 e. The van der Waals surface area contributed by atoms with Crippen molar-refractivity contribution in [3.05, 3.63) is 70.9 Å². The van der Waals surface area contributed by atoms with Gasteiger partial charge in [-0.3, -0.25) is 4.79 Å². The standard InChI is InChI=1S/C17H11ClN4OS/c18-11-5-3-4-10(8-11)15-12(9-19)16(23)22(21-15)17-20-13-6-1-2-7-14(13)24-17/h1-9H,19H2. The van der Waals surface area contributed by atoms with Gasteiger partial charge in [-0.1, -0.05) is 47.2 Å². The fourth-order valence-corrected chi connectivity index (χ4v) is 3.60. The van der Waals surface area contributed by atoms with Crippen molar-refractivity contribution in [3.63, 3.8) is 0 Å². The molecular formula is C17H11ClN4OS. The normalized spacial score (nSPS) is 16.2. The Morgan fingerprint density at radius 1 is 1.17 bits per heavy atom. The number of halogens is 1. The third kappa shape index (κ3) is 2.36. The van der Waals surface area contributed by atoms with Crippen molar-refractivity contribution in [1.29, 1.82) is 0 Å². The van der Waals surface area contributed by atoms with Gasteiger partial charge >= 0.3 is 0 Å². The van der Waals surface area contributed by atoms with Crippen LogP contribution < -0.4 is 10.7 Å². The molecule has 2 N–H and O–H groups in total. The number of amides is 1. The minimum absolute atomic E-state index is 0.300. The van der Waals surface area contributed by atoms with Gasteiger partial charge in [-0.05, 0) is 24.3 Å². The van der Waals surface area contributed by atoms with Crippen LogP contribution in [0.1, 0.15) is 5.56 Å². The van der Waals surface area contributed by atoms with E-state index in [9.17, 15) is 4.79 Å². The zero-order valence-corrected chi connectivity index (χ0v) is 13.9. The zero-order valence-electron chi connectivity index (χ0n) is 12.3. The fraction of sp³-hybridized carbons (Fsp3) is 0. The number of nitrogens with two attached hydrogens (primary N) is 1. The van der Waals surface area contributed by atoms with Crippen LogP contribution in [0.3, 0.4) is 0 Å². The van der Waals surface area contributed by atoms with Crippen LogP contribution in [0.5, 0.6) is 0 Å². The third-order valence-electron chi connectivity index (χ3n) is 3.61. The van der Waals surface area contributed by atoms with Crippen molar-refractivity contribution in [1.82, 2.24) is 4.98 Å². The second-order valence-electron chi connectivity index (χ2n) is 5.12. The molecule has 0 saturated carbocycles. The lowest BCUT2D eigenvalue weighted by molar-refractivity contribution is -0.114. The summed E-state index contributed by atoms with van der Waals surface area (Å²) >= 11 is 7.45. The maximum absolute atomic E-state index is 12.7. The Kier molecular flexibility index (Phi) is 3.55. The topological polar surface area (TPSA) is 71.6 Å². The van der Waals surface area contributed by atoms with Crippen LogP contribution in [0.25, 0.3) is 10.2 Å². The number of anilines is 1. The van der Waals surface area contributed by atoms with E-state index in [-0.39, 0.29) is 5.91 Å². The van der Waals surface area contributed by atoms with Gasteiger partial charge in [0.25, 0.3) is 5.91 Å². The molecule has 0 spiro atoms. The highest BCUT2D eigenvalue weighted by Crippen LogP contribution is 2.33. The molecule has 3 aromatic rings. The first-order chi connectivity index (χ1) is 11.7. The van der Waals surface area contributed by atoms with Crippen molar-refractivity contribution in [2.24, 2.45) is 10.8 Å². The van der Waals surface area contributed by atoms with Gasteiger partial charge in [0.1, 0.15) is 5.71 Å². The molecular weight excluding hydrogens is 344 g/mol. The van der Waals surface area contributed by atoms with Crippen molar-refractivity contribution >= 4 is 49.9 Å². The van der Waals surface area contributed by atoms with Crippen LogP contribution in [0.15, 0.2) is 65.4 Å². The Hall–Kier alpha value is -2.70. The van der Waals surface area contributed by atoms with Gasteiger partial charge in [0.05, 0.1) is 15.8 Å². The Bertz CT molecular complexity index is 991. The van der Waals surface area contributed by atoms with Gasteiger partial charge in [0.2, 0.25) is 5.13 Å². The lowest BCUT2D eigenvalue weighted by Crippen LogP contribution is -2.21. The lowest BCUT2D eigenvalue weighted by atomic mass is 10.0. The van der Waals surface area contributed by atoms with Crippen molar-refractivity contribution in [3.8, 4) is 0 Å². The molecule has 1 aliphatic heterocycles. The van der Waals surface area contributed by atoms with E-state index in [2.05, 4.69) is 10.1 Å². The Labute approximate surface area is 146 Å². The molecule has 118 valence electrons. The summed E-state index contributed by atoms with van der Waals surface area (Å²) in [5, 5.41) is 6.81. The number of hydrazone groups is 1. The monoisotopic (exact) mass is 354 g/mol. The average molecular weight is 355 g/mol. The highest BCUT2D eigenvalue weighted by molar-refractivity contribution is 7.22. The largest absolute Gasteiger partial charge is 0.404 e. The van der Waals surface area contributed by atoms with Crippen LogP contribution in [0.4, 0.5) is 5.13 Å². The average Bonchev–Trinajstić information content (AvgIpc) is 3.15. The molecule has 7 heteroatoms. The number of carbonyl (C=O) groups is 1. The number of hydrogen-bond donors (Lipinski definition) is 1. The number of carbonyl (C=O) groups excluding carboxylic acids is 1. The molecule has 24 heavy (non-hydrogen) atoms. The molecule has 1 aliphatic rings. The summed E-state index contributed by atoms with van der Waals surface area (Å²) in [7, 11) is 0. The summed E-state index contributed by atoms with van der Waals surface area (Å²) in [4.78, 5) is 17.2. The number of fused-ring (bicyclic) bond motifs is 1. The minimum Gasteiger partial charge on any atom is -0.404 e. The van der Waals surface area contributed by atoms with Crippen molar-refractivity contribution in [2.45, 2.75) is 0 Å². The van der Waals surface area contributed by atoms with Gasteiger partial charge in [-0.2, -0.15) is 10.1 Å². The third-order valence-corrected chi connectivity index (χ3v) is 4.85. The first kappa shape index (κ1) is 14.9. The van der Waals surface area contributed by atoms with E-state index in [1.807, 2.05) is 30.3 Å². The predicted octanol–water partition coefficient (Wildman–Crippen LogP) is 3.54. The second kappa shape index (κ2) is 5.74. The number of benzene rings is 2. The van der Waals surface area contributed by atoms with Crippen molar-refractivity contribution in [2.75, 3.05) is 5.01 Å². The molecule has 0 radical (unpaired) electrons. The Morgan fingerprint density at radius 2 is 2.00 bits per heavy atom. The molecule has 2 heterocycles. The summed E-state index contributed by atoms with van der Waals surface area (Å²) in [5.74, 6) is -0.300. The Morgan fingerprint density at radius 3 is 2.75 bits per heavy atom. The molecule has 0 aliphatic carbocycles. The van der Waals surface area contributed by atoms with Crippen LogP contribution in [-0.2, 0) is 4.79 Å². The minimum atomic E-state index is -0.300. The number of thiazole rings is 1. The van der Waals surface area contributed by atoms with Gasteiger partial charge < -0.3 is 5.73 Å². The quantitative estimate of drug-likeness (QED) is 0.715.